The average molecular weight is 945 g/mol. The van der Waals surface area contributed by atoms with Crippen LogP contribution >= 0.6 is 11.8 Å². The molecule has 0 bridgehead atoms. The summed E-state index contributed by atoms with van der Waals surface area (Å²) >= 11 is 1.81. The molecule has 0 fully saturated rings. The van der Waals surface area contributed by atoms with Crippen molar-refractivity contribution >= 4 is 35.7 Å². The Labute approximate surface area is 409 Å². The Morgan fingerprint density at radius 1 is 0.739 bits per heavy atom. The predicted octanol–water partition coefficient (Wildman–Crippen LogP) is 9.84. The van der Waals surface area contributed by atoms with Gasteiger partial charge in [-0.15, -0.1) is 11.8 Å². The number of esters is 2. The van der Waals surface area contributed by atoms with Crippen LogP contribution in [0.4, 0.5) is 4.79 Å². The van der Waals surface area contributed by atoms with Crippen LogP contribution in [0.5, 0.6) is 0 Å². The molecule has 1 aliphatic carbocycles. The number of ether oxygens (including phenoxy) is 3. The summed E-state index contributed by atoms with van der Waals surface area (Å²) in [6, 6.07) is 52.0. The first-order valence-corrected chi connectivity index (χ1v) is 24.3. The number of rotatable bonds is 22. The lowest BCUT2D eigenvalue weighted by Gasteiger charge is -2.35. The summed E-state index contributed by atoms with van der Waals surface area (Å²) in [5, 5.41) is 5.70. The largest absolute Gasteiger partial charge is 0.468 e. The van der Waals surface area contributed by atoms with Crippen molar-refractivity contribution in [2.45, 2.75) is 62.6 Å². The minimum absolute atomic E-state index is 0.0886. The number of nitrogens with one attached hydrogen (secondary N) is 2. The number of allylic oxidation sites excluding steroid dienone is 1. The molecule has 7 rings (SSSR count). The highest BCUT2D eigenvalue weighted by Gasteiger charge is 2.37. The molecule has 1 heterocycles. The zero-order valence-electron chi connectivity index (χ0n) is 39.6. The molecule has 12 heteroatoms. The van der Waals surface area contributed by atoms with Crippen LogP contribution in [-0.2, 0) is 46.4 Å². The van der Waals surface area contributed by atoms with Gasteiger partial charge in [-0.3, -0.25) is 19.5 Å². The maximum absolute atomic E-state index is 14.1. The maximum atomic E-state index is 14.1. The Hall–Kier alpha value is -7.02. The number of hydrogen-bond acceptors (Lipinski definition) is 10. The van der Waals surface area contributed by atoms with E-state index in [2.05, 4.69) is 101 Å². The molecular weight excluding hydrogens is 885 g/mol. The molecule has 1 aromatic heterocycles. The summed E-state index contributed by atoms with van der Waals surface area (Å²) in [4.78, 5) is 59.4. The van der Waals surface area contributed by atoms with E-state index >= 15 is 0 Å². The van der Waals surface area contributed by atoms with Crippen LogP contribution in [0.25, 0.3) is 11.1 Å². The fourth-order valence-corrected chi connectivity index (χ4v) is 10.2. The lowest BCUT2D eigenvalue weighted by atomic mass is 9.84. The maximum Gasteiger partial charge on any atom is 0.407 e. The fourth-order valence-electron chi connectivity index (χ4n) is 8.71. The van der Waals surface area contributed by atoms with Crippen molar-refractivity contribution in [1.29, 1.82) is 0 Å². The highest BCUT2D eigenvalue weighted by Crippen LogP contribution is 2.49. The SMILES string of the molecule is COC(=O)CN(C)Cc1cccc(CNC(=O)CC(C=CCCSC(c2ccccc2)(c2ccccc2)c2ccccc2)OC(=O)C(NC(=O)OCC2c3ccccc3-c3ccccc32)C(C)C)n1. The van der Waals surface area contributed by atoms with E-state index in [4.69, 9.17) is 14.2 Å². The van der Waals surface area contributed by atoms with E-state index in [-0.39, 0.29) is 49.8 Å². The third-order valence-corrected chi connectivity index (χ3v) is 13.7. The highest BCUT2D eigenvalue weighted by atomic mass is 32.2. The molecule has 0 radical (unpaired) electrons. The Bertz CT molecular complexity index is 2540. The first-order valence-electron chi connectivity index (χ1n) is 23.3. The number of likely N-dealkylation sites (N-methyl/N-ethyl adjacent to an activating group) is 1. The summed E-state index contributed by atoms with van der Waals surface area (Å²) in [6.45, 7) is 4.37. The van der Waals surface area contributed by atoms with Gasteiger partial charge in [0.25, 0.3) is 0 Å². The van der Waals surface area contributed by atoms with Crippen molar-refractivity contribution in [1.82, 2.24) is 20.5 Å². The van der Waals surface area contributed by atoms with Crippen molar-refractivity contribution < 1.29 is 33.4 Å². The Balaban J connectivity index is 1.05. The van der Waals surface area contributed by atoms with Crippen molar-refractivity contribution in [2.75, 3.05) is 33.1 Å². The number of methoxy groups -OCH3 is 1. The number of carbonyl (C=O) groups is 4. The van der Waals surface area contributed by atoms with Crippen molar-refractivity contribution in [3.63, 3.8) is 0 Å². The Morgan fingerprint density at radius 2 is 1.29 bits per heavy atom. The number of amides is 2. The predicted molar refractivity (Wildman–Crippen MR) is 271 cm³/mol. The monoisotopic (exact) mass is 944 g/mol. The second-order valence-electron chi connectivity index (χ2n) is 17.4. The molecule has 1 aliphatic rings. The number of hydrogen-bond donors (Lipinski definition) is 2. The number of pyridine rings is 1. The summed E-state index contributed by atoms with van der Waals surface area (Å²) in [5.41, 5.74) is 9.18. The molecule has 5 aromatic carbocycles. The molecule has 2 N–H and O–H groups in total. The summed E-state index contributed by atoms with van der Waals surface area (Å²) in [6.07, 6.45) is 2.44. The standard InChI is InChI=1S/C57H60N4O7S/c1-40(2)54(60-56(65)67-39-51-49-32-16-14-30-47(49)48-31-15-17-33-50(48)51)55(64)68-46(35-52(62)58-36-44-27-20-28-45(59-44)37-61(3)38-53(63)66-4)29-18-19-34-69-57(41-21-8-5-9-22-41,42-23-10-6-11-24-42)43-25-12-7-13-26-43/h5-18,20-33,40,46,51,54H,19,34-39H2,1-4H3,(H,58,62)(H,60,65). The second kappa shape index (κ2) is 24.3. The van der Waals surface area contributed by atoms with E-state index in [0.717, 1.165) is 44.6 Å². The molecular formula is C57H60N4O7S. The minimum atomic E-state index is -1.05. The number of alkyl carbamates (subject to hydrolysis) is 1. The molecule has 0 saturated heterocycles. The summed E-state index contributed by atoms with van der Waals surface area (Å²) in [7, 11) is 3.14. The minimum Gasteiger partial charge on any atom is -0.468 e. The number of carbonyl (C=O) groups excluding carboxylic acids is 4. The third kappa shape index (κ3) is 13.0. The van der Waals surface area contributed by atoms with E-state index in [1.54, 1.807) is 18.0 Å². The van der Waals surface area contributed by atoms with E-state index in [9.17, 15) is 19.2 Å². The molecule has 2 amide bonds. The van der Waals surface area contributed by atoms with Crippen LogP contribution in [0.3, 0.4) is 0 Å². The van der Waals surface area contributed by atoms with Gasteiger partial charge in [-0.2, -0.15) is 0 Å². The van der Waals surface area contributed by atoms with Crippen LogP contribution in [0.2, 0.25) is 0 Å². The quantitative estimate of drug-likeness (QED) is 0.0223. The van der Waals surface area contributed by atoms with Crippen molar-refractivity contribution in [2.24, 2.45) is 5.92 Å². The van der Waals surface area contributed by atoms with Gasteiger partial charge < -0.3 is 24.8 Å². The van der Waals surface area contributed by atoms with E-state index < -0.39 is 29.0 Å². The van der Waals surface area contributed by atoms with E-state index in [1.807, 2.05) is 104 Å². The second-order valence-corrected chi connectivity index (χ2v) is 18.7. The Morgan fingerprint density at radius 3 is 1.86 bits per heavy atom. The summed E-state index contributed by atoms with van der Waals surface area (Å²) in [5.74, 6) is -1.21. The molecule has 2 atom stereocenters. The number of nitrogens with zero attached hydrogens (tertiary/aromatic N) is 2. The van der Waals surface area contributed by atoms with E-state index in [0.29, 0.717) is 24.4 Å². The first-order chi connectivity index (χ1) is 33.5. The number of benzene rings is 5. The normalized spacial score (nSPS) is 13.1. The van der Waals surface area contributed by atoms with Gasteiger partial charge in [0, 0.05) is 12.5 Å². The molecule has 0 aliphatic heterocycles. The number of fused-ring (bicyclic) bond motifs is 3. The van der Waals surface area contributed by atoms with Gasteiger partial charge in [-0.05, 0) is 82.3 Å². The van der Waals surface area contributed by atoms with Crippen molar-refractivity contribution in [3.05, 3.63) is 209 Å². The van der Waals surface area contributed by atoms with Gasteiger partial charge in [-0.1, -0.05) is 166 Å². The zero-order valence-corrected chi connectivity index (χ0v) is 40.4. The number of aromatic nitrogens is 1. The zero-order chi connectivity index (χ0) is 48.6. The third-order valence-electron chi connectivity index (χ3n) is 12.1. The smallest absolute Gasteiger partial charge is 0.407 e. The van der Waals surface area contributed by atoms with Gasteiger partial charge in [0.1, 0.15) is 18.8 Å². The molecule has 0 saturated carbocycles. The van der Waals surface area contributed by atoms with Gasteiger partial charge >= 0.3 is 18.0 Å². The van der Waals surface area contributed by atoms with Crippen LogP contribution in [0.1, 0.15) is 71.8 Å². The van der Waals surface area contributed by atoms with Crippen LogP contribution in [0, 0.1) is 5.92 Å². The van der Waals surface area contributed by atoms with Crippen LogP contribution in [0.15, 0.2) is 170 Å². The fraction of sp³-hybridized carbons (Fsp3) is 0.281. The van der Waals surface area contributed by atoms with Gasteiger partial charge in [0.15, 0.2) is 0 Å². The topological polar surface area (TPSA) is 136 Å². The molecule has 69 heavy (non-hydrogen) atoms. The lowest BCUT2D eigenvalue weighted by molar-refractivity contribution is -0.151. The highest BCUT2D eigenvalue weighted by molar-refractivity contribution is 8.00. The molecule has 2 unspecified atom stereocenters. The number of thioether (sulfide) groups is 1. The van der Waals surface area contributed by atoms with Crippen molar-refractivity contribution in [3.8, 4) is 11.1 Å². The van der Waals surface area contributed by atoms with Gasteiger partial charge in [0.05, 0.1) is 42.8 Å². The van der Waals surface area contributed by atoms with E-state index in [1.165, 1.54) is 7.11 Å². The molecule has 11 nitrogen and oxygen atoms in total. The summed E-state index contributed by atoms with van der Waals surface area (Å²) < 4.78 is 16.2. The van der Waals surface area contributed by atoms with Crippen LogP contribution < -0.4 is 10.6 Å². The Kier molecular flexibility index (Phi) is 17.6. The first kappa shape index (κ1) is 49.9. The average Bonchev–Trinajstić information content (AvgIpc) is 3.69. The van der Waals surface area contributed by atoms with Crippen LogP contribution in [-0.4, -0.2) is 79.0 Å². The molecule has 6 aromatic rings. The molecule has 356 valence electrons. The van der Waals surface area contributed by atoms with Gasteiger partial charge in [0.2, 0.25) is 5.91 Å². The molecule has 0 spiro atoms. The van der Waals surface area contributed by atoms with Gasteiger partial charge in [-0.25, -0.2) is 9.59 Å². The lowest BCUT2D eigenvalue weighted by Crippen LogP contribution is -2.47.